The Hall–Kier alpha value is -1.17. The maximum Gasteiger partial charge on any atom is 0.149 e. The second kappa shape index (κ2) is 4.36. The molecule has 0 aliphatic heterocycles. The van der Waals surface area contributed by atoms with Crippen LogP contribution in [0.2, 0.25) is 0 Å². The molecule has 1 N–H and O–H groups in total. The average molecular weight is 215 g/mol. The van der Waals surface area contributed by atoms with Crippen LogP contribution in [-0.2, 0) is 9.84 Å². The van der Waals surface area contributed by atoms with Crippen molar-refractivity contribution in [2.45, 2.75) is 13.0 Å². The smallest absolute Gasteiger partial charge is 0.149 e. The van der Waals surface area contributed by atoms with Gasteiger partial charge in [-0.1, -0.05) is 0 Å². The highest BCUT2D eigenvalue weighted by Gasteiger charge is 2.10. The Balaban J connectivity index is 2.54. The molecule has 14 heavy (non-hydrogen) atoms. The van der Waals surface area contributed by atoms with Crippen molar-refractivity contribution in [3.05, 3.63) is 18.3 Å². The van der Waals surface area contributed by atoms with Gasteiger partial charge in [-0.15, -0.1) is 5.10 Å². The van der Waals surface area contributed by atoms with Crippen LogP contribution in [0.5, 0.6) is 0 Å². The Bertz CT molecular complexity index is 377. The van der Waals surface area contributed by atoms with Crippen LogP contribution in [0.15, 0.2) is 18.3 Å². The van der Waals surface area contributed by atoms with Crippen LogP contribution in [0.3, 0.4) is 0 Å². The largest absolute Gasteiger partial charge is 0.365 e. The minimum atomic E-state index is -2.95. The molecular formula is C8H13N3O2S. The van der Waals surface area contributed by atoms with Crippen LogP contribution in [0.4, 0.5) is 5.82 Å². The molecule has 78 valence electrons. The Labute approximate surface area is 83.5 Å². The van der Waals surface area contributed by atoms with E-state index in [0.717, 1.165) is 0 Å². The van der Waals surface area contributed by atoms with Gasteiger partial charge in [-0.2, -0.15) is 5.10 Å². The summed E-state index contributed by atoms with van der Waals surface area (Å²) in [6, 6.07) is 3.32. The van der Waals surface area contributed by atoms with E-state index in [1.54, 1.807) is 25.3 Å². The quantitative estimate of drug-likeness (QED) is 0.783. The molecular weight excluding hydrogens is 202 g/mol. The van der Waals surface area contributed by atoms with E-state index < -0.39 is 9.84 Å². The summed E-state index contributed by atoms with van der Waals surface area (Å²) in [7, 11) is -2.95. The zero-order chi connectivity index (χ0) is 10.6. The number of sulfone groups is 1. The van der Waals surface area contributed by atoms with E-state index in [4.69, 9.17) is 0 Å². The zero-order valence-electron chi connectivity index (χ0n) is 8.14. The molecule has 5 nitrogen and oxygen atoms in total. The molecule has 1 unspecified atom stereocenters. The first-order valence-electron chi connectivity index (χ1n) is 4.19. The van der Waals surface area contributed by atoms with Gasteiger partial charge in [-0.05, 0) is 19.1 Å². The van der Waals surface area contributed by atoms with Crippen LogP contribution in [-0.4, -0.2) is 36.7 Å². The third-order valence-electron chi connectivity index (χ3n) is 1.52. The maximum atomic E-state index is 11.0. The monoisotopic (exact) mass is 215 g/mol. The number of rotatable bonds is 4. The normalized spacial score (nSPS) is 13.6. The molecule has 0 saturated carbocycles. The van der Waals surface area contributed by atoms with Gasteiger partial charge in [-0.3, -0.25) is 0 Å². The van der Waals surface area contributed by atoms with Gasteiger partial charge in [-0.25, -0.2) is 8.42 Å². The van der Waals surface area contributed by atoms with Crippen molar-refractivity contribution in [2.24, 2.45) is 0 Å². The van der Waals surface area contributed by atoms with E-state index in [2.05, 4.69) is 15.5 Å². The molecule has 0 bridgehead atoms. The Morgan fingerprint density at radius 2 is 2.29 bits per heavy atom. The summed E-state index contributed by atoms with van der Waals surface area (Å²) >= 11 is 0. The molecule has 0 aliphatic rings. The summed E-state index contributed by atoms with van der Waals surface area (Å²) in [5.74, 6) is 0.674. The lowest BCUT2D eigenvalue weighted by molar-refractivity contribution is 0.598. The highest BCUT2D eigenvalue weighted by molar-refractivity contribution is 7.90. The van der Waals surface area contributed by atoms with Crippen molar-refractivity contribution in [3.63, 3.8) is 0 Å². The zero-order valence-corrected chi connectivity index (χ0v) is 8.95. The van der Waals surface area contributed by atoms with E-state index in [9.17, 15) is 8.42 Å². The third kappa shape index (κ3) is 4.18. The first kappa shape index (κ1) is 10.9. The molecule has 1 atom stereocenters. The molecule has 1 rings (SSSR count). The second-order valence-corrected chi connectivity index (χ2v) is 5.43. The number of hydrogen-bond acceptors (Lipinski definition) is 5. The summed E-state index contributed by atoms with van der Waals surface area (Å²) in [4.78, 5) is 0. The second-order valence-electron chi connectivity index (χ2n) is 3.25. The van der Waals surface area contributed by atoms with Crippen LogP contribution < -0.4 is 5.32 Å². The van der Waals surface area contributed by atoms with Crippen molar-refractivity contribution in [1.29, 1.82) is 0 Å². The summed E-state index contributed by atoms with van der Waals surface area (Å²) in [5, 5.41) is 10.4. The third-order valence-corrected chi connectivity index (χ3v) is 2.62. The lowest BCUT2D eigenvalue weighted by atomic mass is 10.4. The number of nitrogens with zero attached hydrogens (tertiary/aromatic N) is 2. The number of aromatic nitrogens is 2. The number of nitrogens with one attached hydrogen (secondary N) is 1. The van der Waals surface area contributed by atoms with E-state index >= 15 is 0 Å². The van der Waals surface area contributed by atoms with E-state index in [1.165, 1.54) is 6.26 Å². The Morgan fingerprint density at radius 3 is 2.79 bits per heavy atom. The van der Waals surface area contributed by atoms with Crippen LogP contribution in [0.1, 0.15) is 6.92 Å². The van der Waals surface area contributed by atoms with Crippen LogP contribution in [0.25, 0.3) is 0 Å². The molecule has 0 aliphatic carbocycles. The molecule has 0 radical (unpaired) electrons. The number of hydrogen-bond donors (Lipinski definition) is 1. The van der Waals surface area contributed by atoms with Gasteiger partial charge in [0.2, 0.25) is 0 Å². The molecule has 1 aromatic heterocycles. The number of anilines is 1. The fraction of sp³-hybridized carbons (Fsp3) is 0.500. The van der Waals surface area contributed by atoms with Gasteiger partial charge >= 0.3 is 0 Å². The molecule has 0 spiro atoms. The van der Waals surface area contributed by atoms with Crippen molar-refractivity contribution < 1.29 is 8.42 Å². The fourth-order valence-electron chi connectivity index (χ4n) is 1.13. The van der Waals surface area contributed by atoms with Gasteiger partial charge in [0.1, 0.15) is 15.7 Å². The minimum absolute atomic E-state index is 0.0869. The lowest BCUT2D eigenvalue weighted by Crippen LogP contribution is -2.25. The summed E-state index contributed by atoms with van der Waals surface area (Å²) in [6.45, 7) is 1.79. The molecule has 0 saturated heterocycles. The van der Waals surface area contributed by atoms with Gasteiger partial charge in [0.25, 0.3) is 0 Å². The standard InChI is InChI=1S/C8H13N3O2S/c1-7(6-14(2,12)13)10-8-4-3-5-9-11-8/h3-5,7H,6H2,1-2H3,(H,10,11). The molecule has 6 heteroatoms. The van der Waals surface area contributed by atoms with E-state index in [0.29, 0.717) is 5.82 Å². The highest BCUT2D eigenvalue weighted by atomic mass is 32.2. The van der Waals surface area contributed by atoms with E-state index in [1.807, 2.05) is 0 Å². The van der Waals surface area contributed by atoms with Gasteiger partial charge in [0.15, 0.2) is 0 Å². The molecule has 1 heterocycles. The predicted molar refractivity (Wildman–Crippen MR) is 54.8 cm³/mol. The van der Waals surface area contributed by atoms with Crippen molar-refractivity contribution in [2.75, 3.05) is 17.3 Å². The predicted octanol–water partition coefficient (Wildman–Crippen LogP) is 0.322. The molecule has 0 aromatic carbocycles. The summed E-state index contributed by atoms with van der Waals surface area (Å²) < 4.78 is 21.9. The van der Waals surface area contributed by atoms with Gasteiger partial charge in [0, 0.05) is 18.5 Å². The Kier molecular flexibility index (Phi) is 3.40. The molecule has 0 amide bonds. The molecule has 1 aromatic rings. The summed E-state index contributed by atoms with van der Waals surface area (Å²) in [5.41, 5.74) is 0. The topological polar surface area (TPSA) is 72.0 Å². The molecule has 0 fully saturated rings. The lowest BCUT2D eigenvalue weighted by Gasteiger charge is -2.12. The van der Waals surface area contributed by atoms with E-state index in [-0.39, 0.29) is 11.8 Å². The van der Waals surface area contributed by atoms with Crippen LogP contribution >= 0.6 is 0 Å². The maximum absolute atomic E-state index is 11.0. The Morgan fingerprint density at radius 1 is 1.57 bits per heavy atom. The summed E-state index contributed by atoms with van der Waals surface area (Å²) in [6.07, 6.45) is 2.77. The highest BCUT2D eigenvalue weighted by Crippen LogP contribution is 2.02. The van der Waals surface area contributed by atoms with Crippen LogP contribution in [0, 0.1) is 0 Å². The SMILES string of the molecule is CC(CS(C)(=O)=O)Nc1cccnn1. The first-order valence-corrected chi connectivity index (χ1v) is 6.25. The minimum Gasteiger partial charge on any atom is -0.365 e. The first-order chi connectivity index (χ1) is 6.47. The van der Waals surface area contributed by atoms with Gasteiger partial charge < -0.3 is 5.32 Å². The van der Waals surface area contributed by atoms with Crippen molar-refractivity contribution in [1.82, 2.24) is 10.2 Å². The average Bonchev–Trinajstić information content (AvgIpc) is 2.02. The van der Waals surface area contributed by atoms with Crippen molar-refractivity contribution in [3.8, 4) is 0 Å². The fourth-order valence-corrected chi connectivity index (χ4v) is 2.12. The van der Waals surface area contributed by atoms with Crippen molar-refractivity contribution >= 4 is 15.7 Å². The van der Waals surface area contributed by atoms with Gasteiger partial charge in [0.05, 0.1) is 5.75 Å².